The summed E-state index contributed by atoms with van der Waals surface area (Å²) in [5.41, 5.74) is 3.22. The van der Waals surface area contributed by atoms with Crippen molar-refractivity contribution in [1.29, 1.82) is 0 Å². The molecule has 174 valence electrons. The summed E-state index contributed by atoms with van der Waals surface area (Å²) in [6.45, 7) is 0.688. The maximum atomic E-state index is 12.2. The molecule has 4 aromatic carbocycles. The average molecular weight is 465 g/mol. The third-order valence-corrected chi connectivity index (χ3v) is 5.06. The highest BCUT2D eigenvalue weighted by Gasteiger charge is 2.08. The molecule has 0 spiro atoms. The highest BCUT2D eigenvalue weighted by Crippen LogP contribution is 2.17. The first-order valence-electron chi connectivity index (χ1n) is 11.1. The van der Waals surface area contributed by atoms with Gasteiger partial charge in [-0.3, -0.25) is 0 Å². The molecule has 0 heterocycles. The Morgan fingerprint density at radius 3 is 1.83 bits per heavy atom. The number of benzene rings is 4. The van der Waals surface area contributed by atoms with E-state index in [1.54, 1.807) is 30.3 Å². The molecule has 4 rings (SSSR count). The van der Waals surface area contributed by atoms with Gasteiger partial charge in [-0.05, 0) is 59.2 Å². The molecule has 0 N–H and O–H groups in total. The van der Waals surface area contributed by atoms with Crippen LogP contribution in [-0.2, 0) is 22.7 Å². The summed E-state index contributed by atoms with van der Waals surface area (Å²) in [5, 5.41) is 0. The first-order chi connectivity index (χ1) is 17.2. The van der Waals surface area contributed by atoms with Gasteiger partial charge in [-0.1, -0.05) is 72.8 Å². The van der Waals surface area contributed by atoms with Crippen molar-refractivity contribution in [2.75, 3.05) is 0 Å². The van der Waals surface area contributed by atoms with Crippen LogP contribution in [0.25, 0.3) is 6.08 Å². The largest absolute Gasteiger partial charge is 0.489 e. The zero-order valence-electron chi connectivity index (χ0n) is 19.0. The van der Waals surface area contributed by atoms with E-state index in [-0.39, 0.29) is 6.61 Å². The van der Waals surface area contributed by atoms with E-state index in [1.165, 1.54) is 6.08 Å². The molecule has 0 aliphatic heterocycles. The number of hydrogen-bond acceptors (Lipinski definition) is 5. The van der Waals surface area contributed by atoms with Crippen molar-refractivity contribution < 1.29 is 23.8 Å². The standard InChI is InChI=1S/C30H24O5/c31-29(20-13-23-11-16-27(17-12-23)33-21-24-7-3-1-4-8-24)35-28-18-14-26(15-19-28)30(32)34-22-25-9-5-2-6-10-25/h1-20H,21-22H2/b20-13+. The van der Waals surface area contributed by atoms with Crippen molar-refractivity contribution in [3.63, 3.8) is 0 Å². The van der Waals surface area contributed by atoms with Gasteiger partial charge in [-0.25, -0.2) is 9.59 Å². The Morgan fingerprint density at radius 1 is 0.629 bits per heavy atom. The van der Waals surface area contributed by atoms with Crippen molar-refractivity contribution in [2.24, 2.45) is 0 Å². The van der Waals surface area contributed by atoms with Crippen LogP contribution in [0.2, 0.25) is 0 Å². The predicted molar refractivity (Wildman–Crippen MR) is 134 cm³/mol. The van der Waals surface area contributed by atoms with Gasteiger partial charge in [0.2, 0.25) is 0 Å². The molecule has 0 aliphatic rings. The second kappa shape index (κ2) is 12.0. The van der Waals surface area contributed by atoms with E-state index in [0.29, 0.717) is 17.9 Å². The quantitative estimate of drug-likeness (QED) is 0.167. The van der Waals surface area contributed by atoms with Crippen molar-refractivity contribution in [3.05, 3.63) is 138 Å². The Labute approximate surface area is 204 Å². The summed E-state index contributed by atoms with van der Waals surface area (Å²) in [7, 11) is 0. The minimum absolute atomic E-state index is 0.196. The Balaban J connectivity index is 1.24. The van der Waals surface area contributed by atoms with Crippen LogP contribution in [0.5, 0.6) is 11.5 Å². The fourth-order valence-electron chi connectivity index (χ4n) is 3.20. The van der Waals surface area contributed by atoms with Crippen molar-refractivity contribution in [3.8, 4) is 11.5 Å². The lowest BCUT2D eigenvalue weighted by Crippen LogP contribution is -2.06. The molecule has 5 heteroatoms. The molecule has 0 aliphatic carbocycles. The van der Waals surface area contributed by atoms with Gasteiger partial charge in [0.05, 0.1) is 5.56 Å². The monoisotopic (exact) mass is 464 g/mol. The smallest absolute Gasteiger partial charge is 0.338 e. The first-order valence-corrected chi connectivity index (χ1v) is 11.1. The summed E-state index contributed by atoms with van der Waals surface area (Å²) in [5.74, 6) is 0.122. The van der Waals surface area contributed by atoms with E-state index < -0.39 is 11.9 Å². The lowest BCUT2D eigenvalue weighted by atomic mass is 10.2. The lowest BCUT2D eigenvalue weighted by Gasteiger charge is -2.06. The van der Waals surface area contributed by atoms with Crippen LogP contribution in [0.4, 0.5) is 0 Å². The first kappa shape index (κ1) is 23.5. The number of esters is 2. The zero-order valence-corrected chi connectivity index (χ0v) is 19.0. The second-order valence-corrected chi connectivity index (χ2v) is 7.68. The molecule has 35 heavy (non-hydrogen) atoms. The van der Waals surface area contributed by atoms with Crippen LogP contribution < -0.4 is 9.47 Å². The molecule has 0 saturated carbocycles. The molecule has 0 unspecified atom stereocenters. The Hall–Kier alpha value is -4.64. The van der Waals surface area contributed by atoms with Gasteiger partial charge in [-0.2, -0.15) is 0 Å². The summed E-state index contributed by atoms with van der Waals surface area (Å²) < 4.78 is 16.4. The lowest BCUT2D eigenvalue weighted by molar-refractivity contribution is -0.128. The van der Waals surface area contributed by atoms with E-state index in [4.69, 9.17) is 14.2 Å². The predicted octanol–water partition coefficient (Wildman–Crippen LogP) is 6.24. The van der Waals surface area contributed by atoms with Crippen LogP contribution in [0, 0.1) is 0 Å². The number of carbonyl (C=O) groups is 2. The van der Waals surface area contributed by atoms with E-state index >= 15 is 0 Å². The minimum atomic E-state index is -0.520. The minimum Gasteiger partial charge on any atom is -0.489 e. The Kier molecular flexibility index (Phi) is 8.06. The van der Waals surface area contributed by atoms with Gasteiger partial charge in [0.1, 0.15) is 24.7 Å². The van der Waals surface area contributed by atoms with Crippen molar-refractivity contribution in [1.82, 2.24) is 0 Å². The number of hydrogen-bond donors (Lipinski definition) is 0. The van der Waals surface area contributed by atoms with E-state index in [9.17, 15) is 9.59 Å². The van der Waals surface area contributed by atoms with E-state index in [0.717, 1.165) is 22.4 Å². The normalized spacial score (nSPS) is 10.6. The average Bonchev–Trinajstić information content (AvgIpc) is 2.91. The fraction of sp³-hybridized carbons (Fsp3) is 0.0667. The maximum absolute atomic E-state index is 12.2. The molecule has 0 saturated heterocycles. The van der Waals surface area contributed by atoms with Crippen LogP contribution in [-0.4, -0.2) is 11.9 Å². The van der Waals surface area contributed by atoms with Crippen LogP contribution in [0.3, 0.4) is 0 Å². The highest BCUT2D eigenvalue weighted by atomic mass is 16.5. The van der Waals surface area contributed by atoms with E-state index in [1.807, 2.05) is 84.9 Å². The third-order valence-electron chi connectivity index (χ3n) is 5.06. The molecule has 0 atom stereocenters. The number of ether oxygens (including phenoxy) is 3. The van der Waals surface area contributed by atoms with Crippen LogP contribution in [0.1, 0.15) is 27.0 Å². The summed E-state index contributed by atoms with van der Waals surface area (Å²) >= 11 is 0. The SMILES string of the molecule is O=C(/C=C/c1ccc(OCc2ccccc2)cc1)Oc1ccc(C(=O)OCc2ccccc2)cc1. The van der Waals surface area contributed by atoms with Gasteiger partial charge < -0.3 is 14.2 Å². The summed E-state index contributed by atoms with van der Waals surface area (Å²) in [6, 6.07) is 33.0. The van der Waals surface area contributed by atoms with Crippen molar-refractivity contribution in [2.45, 2.75) is 13.2 Å². The second-order valence-electron chi connectivity index (χ2n) is 7.68. The Morgan fingerprint density at radius 2 is 1.20 bits per heavy atom. The summed E-state index contributed by atoms with van der Waals surface area (Å²) in [6.07, 6.45) is 3.01. The van der Waals surface area contributed by atoms with Gasteiger partial charge in [0.25, 0.3) is 0 Å². The number of carbonyl (C=O) groups excluding carboxylic acids is 2. The molecule has 0 fully saturated rings. The number of rotatable bonds is 9. The van der Waals surface area contributed by atoms with E-state index in [2.05, 4.69) is 0 Å². The maximum Gasteiger partial charge on any atom is 0.338 e. The van der Waals surface area contributed by atoms with Gasteiger partial charge in [0.15, 0.2) is 0 Å². The highest BCUT2D eigenvalue weighted by molar-refractivity contribution is 5.90. The topological polar surface area (TPSA) is 61.8 Å². The van der Waals surface area contributed by atoms with Crippen LogP contribution in [0.15, 0.2) is 115 Å². The zero-order chi connectivity index (χ0) is 24.3. The molecule has 5 nitrogen and oxygen atoms in total. The molecule has 0 amide bonds. The molecule has 4 aromatic rings. The molecule has 0 radical (unpaired) electrons. The fourth-order valence-corrected chi connectivity index (χ4v) is 3.20. The van der Waals surface area contributed by atoms with Crippen LogP contribution >= 0.6 is 0 Å². The van der Waals surface area contributed by atoms with Gasteiger partial charge in [-0.15, -0.1) is 0 Å². The molecular weight excluding hydrogens is 440 g/mol. The molecule has 0 bridgehead atoms. The molecular formula is C30H24O5. The Bertz CT molecular complexity index is 1260. The molecule has 0 aromatic heterocycles. The van der Waals surface area contributed by atoms with Crippen molar-refractivity contribution >= 4 is 18.0 Å². The third kappa shape index (κ3) is 7.44. The summed E-state index contributed by atoms with van der Waals surface area (Å²) in [4.78, 5) is 24.4. The van der Waals surface area contributed by atoms with Gasteiger partial charge in [0, 0.05) is 6.08 Å². The van der Waals surface area contributed by atoms with Gasteiger partial charge >= 0.3 is 11.9 Å².